The first kappa shape index (κ1) is 16.5. The third kappa shape index (κ3) is 4.56. The monoisotopic (exact) mass is 394 g/mol. The summed E-state index contributed by atoms with van der Waals surface area (Å²) in [6, 6.07) is 8.08. The van der Waals surface area contributed by atoms with E-state index in [9.17, 15) is 4.79 Å². The second-order valence-electron chi connectivity index (χ2n) is 5.44. The lowest BCUT2D eigenvalue weighted by molar-refractivity contribution is -0.116. The average molecular weight is 395 g/mol. The molecule has 2 aromatic rings. The summed E-state index contributed by atoms with van der Waals surface area (Å²) in [5.74, 6) is 0.0452. The number of nitrogens with one attached hydrogen (secondary N) is 1. The molecule has 3 rings (SSSR count). The van der Waals surface area contributed by atoms with Crippen LogP contribution in [0.3, 0.4) is 0 Å². The van der Waals surface area contributed by atoms with Gasteiger partial charge in [-0.05, 0) is 47.0 Å². The lowest BCUT2D eigenvalue weighted by atomic mass is 10.1. The molecule has 23 heavy (non-hydrogen) atoms. The van der Waals surface area contributed by atoms with Gasteiger partial charge < -0.3 is 15.0 Å². The highest BCUT2D eigenvalue weighted by atomic mass is 79.9. The fourth-order valence-electron chi connectivity index (χ4n) is 2.59. The Labute approximate surface area is 148 Å². The molecule has 0 bridgehead atoms. The number of benzene rings is 1. The summed E-state index contributed by atoms with van der Waals surface area (Å²) in [7, 11) is 0. The second-order valence-corrected chi connectivity index (χ2v) is 7.14. The van der Waals surface area contributed by atoms with Gasteiger partial charge in [0.1, 0.15) is 0 Å². The van der Waals surface area contributed by atoms with E-state index in [4.69, 9.17) is 4.74 Å². The molecule has 2 heterocycles. The zero-order valence-electron chi connectivity index (χ0n) is 12.8. The number of amides is 1. The normalized spacial score (nSPS) is 14.7. The van der Waals surface area contributed by atoms with Gasteiger partial charge in [0.05, 0.1) is 24.6 Å². The van der Waals surface area contributed by atoms with Crippen molar-refractivity contribution in [3.8, 4) is 0 Å². The van der Waals surface area contributed by atoms with Crippen LogP contribution < -0.4 is 10.2 Å². The number of anilines is 2. The van der Waals surface area contributed by atoms with Crippen molar-refractivity contribution in [3.05, 3.63) is 45.1 Å². The summed E-state index contributed by atoms with van der Waals surface area (Å²) in [5.41, 5.74) is 3.13. The Morgan fingerprint density at radius 1 is 1.30 bits per heavy atom. The molecule has 1 saturated heterocycles. The van der Waals surface area contributed by atoms with Crippen molar-refractivity contribution in [2.24, 2.45) is 0 Å². The molecule has 0 aliphatic carbocycles. The molecule has 1 aromatic carbocycles. The minimum Gasteiger partial charge on any atom is -0.378 e. The maximum Gasteiger partial charge on any atom is 0.224 e. The number of halogens is 1. The minimum atomic E-state index is 0.0452. The van der Waals surface area contributed by atoms with Crippen LogP contribution in [0.2, 0.25) is 0 Å². The Bertz CT molecular complexity index is 655. The van der Waals surface area contributed by atoms with Gasteiger partial charge in [-0.15, -0.1) is 0 Å². The van der Waals surface area contributed by atoms with Gasteiger partial charge in [-0.1, -0.05) is 15.9 Å². The SMILES string of the molecule is O=C(CCc1ccsc1)Nc1cc(Br)ccc1N1CCOCC1. The van der Waals surface area contributed by atoms with E-state index in [1.165, 1.54) is 5.56 Å². The highest BCUT2D eigenvalue weighted by molar-refractivity contribution is 9.10. The molecule has 6 heteroatoms. The molecule has 1 N–H and O–H groups in total. The molecule has 0 spiro atoms. The third-order valence-corrected chi connectivity index (χ3v) is 5.03. The van der Waals surface area contributed by atoms with Crippen LogP contribution in [0.25, 0.3) is 0 Å². The lowest BCUT2D eigenvalue weighted by Gasteiger charge is -2.30. The number of ether oxygens (including phenoxy) is 1. The van der Waals surface area contributed by atoms with E-state index in [1.54, 1.807) is 11.3 Å². The van der Waals surface area contributed by atoms with Crippen LogP contribution in [-0.4, -0.2) is 32.2 Å². The van der Waals surface area contributed by atoms with E-state index in [0.717, 1.165) is 48.6 Å². The number of thiophene rings is 1. The van der Waals surface area contributed by atoms with Crippen LogP contribution in [0.5, 0.6) is 0 Å². The predicted octanol–water partition coefficient (Wildman–Crippen LogP) is 3.92. The Hall–Kier alpha value is -1.37. The minimum absolute atomic E-state index is 0.0452. The first-order valence-electron chi connectivity index (χ1n) is 7.65. The van der Waals surface area contributed by atoms with E-state index in [1.807, 2.05) is 23.6 Å². The van der Waals surface area contributed by atoms with Crippen LogP contribution in [-0.2, 0) is 16.0 Å². The van der Waals surface area contributed by atoms with Crippen molar-refractivity contribution in [1.29, 1.82) is 0 Å². The van der Waals surface area contributed by atoms with E-state index in [2.05, 4.69) is 37.6 Å². The fourth-order valence-corrected chi connectivity index (χ4v) is 3.66. The molecular formula is C17H19BrN2O2S. The molecule has 1 fully saturated rings. The van der Waals surface area contributed by atoms with E-state index in [-0.39, 0.29) is 5.91 Å². The topological polar surface area (TPSA) is 41.6 Å². The van der Waals surface area contributed by atoms with Gasteiger partial charge in [0.2, 0.25) is 5.91 Å². The van der Waals surface area contributed by atoms with Gasteiger partial charge >= 0.3 is 0 Å². The summed E-state index contributed by atoms with van der Waals surface area (Å²) in [4.78, 5) is 14.5. The Morgan fingerprint density at radius 3 is 2.87 bits per heavy atom. The second kappa shape index (κ2) is 7.95. The zero-order chi connectivity index (χ0) is 16.1. The third-order valence-electron chi connectivity index (χ3n) is 3.81. The lowest BCUT2D eigenvalue weighted by Crippen LogP contribution is -2.36. The van der Waals surface area contributed by atoms with Crippen molar-refractivity contribution in [2.75, 3.05) is 36.5 Å². The van der Waals surface area contributed by atoms with E-state index in [0.29, 0.717) is 6.42 Å². The van der Waals surface area contributed by atoms with Crippen LogP contribution >= 0.6 is 27.3 Å². The summed E-state index contributed by atoms with van der Waals surface area (Å²) in [6.07, 6.45) is 1.27. The molecular weight excluding hydrogens is 376 g/mol. The largest absolute Gasteiger partial charge is 0.378 e. The predicted molar refractivity (Wildman–Crippen MR) is 98.4 cm³/mol. The fraction of sp³-hybridized carbons (Fsp3) is 0.353. The molecule has 4 nitrogen and oxygen atoms in total. The number of rotatable bonds is 5. The van der Waals surface area contributed by atoms with Gasteiger partial charge in [-0.3, -0.25) is 4.79 Å². The molecule has 1 amide bonds. The van der Waals surface area contributed by atoms with Gasteiger partial charge in [0, 0.05) is 24.0 Å². The number of hydrogen-bond acceptors (Lipinski definition) is 4. The first-order chi connectivity index (χ1) is 11.2. The van der Waals surface area contributed by atoms with Gasteiger partial charge in [-0.2, -0.15) is 11.3 Å². The van der Waals surface area contributed by atoms with Gasteiger partial charge in [0.25, 0.3) is 0 Å². The number of carbonyl (C=O) groups is 1. The molecule has 0 radical (unpaired) electrons. The van der Waals surface area contributed by atoms with Crippen molar-refractivity contribution in [1.82, 2.24) is 0 Å². The molecule has 1 aliphatic heterocycles. The van der Waals surface area contributed by atoms with Crippen molar-refractivity contribution in [2.45, 2.75) is 12.8 Å². The Morgan fingerprint density at radius 2 is 2.13 bits per heavy atom. The highest BCUT2D eigenvalue weighted by Crippen LogP contribution is 2.30. The van der Waals surface area contributed by atoms with Crippen molar-refractivity contribution < 1.29 is 9.53 Å². The van der Waals surface area contributed by atoms with Gasteiger partial charge in [-0.25, -0.2) is 0 Å². The molecule has 1 aliphatic rings. The van der Waals surface area contributed by atoms with E-state index < -0.39 is 0 Å². The van der Waals surface area contributed by atoms with Crippen molar-refractivity contribution in [3.63, 3.8) is 0 Å². The van der Waals surface area contributed by atoms with E-state index >= 15 is 0 Å². The van der Waals surface area contributed by atoms with Gasteiger partial charge in [0.15, 0.2) is 0 Å². The van der Waals surface area contributed by atoms with Crippen molar-refractivity contribution >= 4 is 44.5 Å². The molecule has 122 valence electrons. The first-order valence-corrected chi connectivity index (χ1v) is 9.39. The smallest absolute Gasteiger partial charge is 0.224 e. The molecule has 0 atom stereocenters. The molecule has 0 saturated carbocycles. The summed E-state index contributed by atoms with van der Waals surface area (Å²) in [5, 5.41) is 7.19. The summed E-state index contributed by atoms with van der Waals surface area (Å²) >= 11 is 5.15. The van der Waals surface area contributed by atoms with Crippen LogP contribution in [0, 0.1) is 0 Å². The maximum absolute atomic E-state index is 12.3. The van der Waals surface area contributed by atoms with Crippen LogP contribution in [0.1, 0.15) is 12.0 Å². The zero-order valence-corrected chi connectivity index (χ0v) is 15.2. The maximum atomic E-state index is 12.3. The number of aryl methyl sites for hydroxylation is 1. The average Bonchev–Trinajstić information content (AvgIpc) is 3.07. The molecule has 1 aromatic heterocycles. The number of morpholine rings is 1. The highest BCUT2D eigenvalue weighted by Gasteiger charge is 2.16. The Kier molecular flexibility index (Phi) is 5.70. The summed E-state index contributed by atoms with van der Waals surface area (Å²) in [6.45, 7) is 3.14. The number of carbonyl (C=O) groups excluding carboxylic acids is 1. The molecule has 0 unspecified atom stereocenters. The quantitative estimate of drug-likeness (QED) is 0.835. The summed E-state index contributed by atoms with van der Waals surface area (Å²) < 4.78 is 6.37. The standard InChI is InChI=1S/C17H19BrN2O2S/c18-14-2-3-16(20-6-8-22-9-7-20)15(11-14)19-17(21)4-1-13-5-10-23-12-13/h2-3,5,10-12H,1,4,6-9H2,(H,19,21). The number of nitrogens with zero attached hydrogens (tertiary/aromatic N) is 1. The Balaban J connectivity index is 1.67. The number of hydrogen-bond donors (Lipinski definition) is 1. The van der Waals surface area contributed by atoms with Crippen LogP contribution in [0.4, 0.5) is 11.4 Å². The van der Waals surface area contributed by atoms with Crippen LogP contribution in [0.15, 0.2) is 39.5 Å².